The number of imidazole rings is 1. The van der Waals surface area contributed by atoms with Gasteiger partial charge >= 0.3 is 5.69 Å². The number of aromatic nitrogens is 2. The van der Waals surface area contributed by atoms with E-state index >= 15 is 0 Å². The van der Waals surface area contributed by atoms with Crippen LogP contribution in [0.4, 0.5) is 10.2 Å². The molecule has 4 N–H and O–H groups in total. The van der Waals surface area contributed by atoms with Crippen molar-refractivity contribution in [3.8, 4) is 0 Å². The van der Waals surface area contributed by atoms with Crippen molar-refractivity contribution in [1.82, 2.24) is 19.8 Å². The molecule has 0 aromatic carbocycles. The zero-order valence-corrected chi connectivity index (χ0v) is 15.3. The Morgan fingerprint density at radius 2 is 2.23 bits per heavy atom. The van der Waals surface area contributed by atoms with Crippen LogP contribution in [-0.2, 0) is 6.54 Å². The largest absolute Gasteiger partial charge is 0.383 e. The van der Waals surface area contributed by atoms with Crippen LogP contribution >= 0.6 is 0 Å². The van der Waals surface area contributed by atoms with Crippen molar-refractivity contribution >= 4 is 12.0 Å². The van der Waals surface area contributed by atoms with Crippen LogP contribution in [0.3, 0.4) is 0 Å². The lowest BCUT2D eigenvalue weighted by Crippen LogP contribution is -2.27. The summed E-state index contributed by atoms with van der Waals surface area (Å²) in [5.41, 5.74) is 6.03. The Hall–Kier alpha value is -2.61. The molecule has 1 aromatic rings. The highest BCUT2D eigenvalue weighted by molar-refractivity contribution is 5.83. The smallest absolute Gasteiger partial charge is 0.327 e. The number of nitrogens with zero attached hydrogens (tertiary/aromatic N) is 3. The molecule has 1 aliphatic rings. The first-order valence-corrected chi connectivity index (χ1v) is 8.57. The molecule has 0 fully saturated rings. The molecule has 0 spiro atoms. The maximum Gasteiger partial charge on any atom is 0.327 e. The quantitative estimate of drug-likeness (QED) is 0.456. The van der Waals surface area contributed by atoms with Gasteiger partial charge < -0.3 is 20.9 Å². The number of alkyl halides is 1. The molecule has 7 nitrogen and oxygen atoms in total. The van der Waals surface area contributed by atoms with E-state index in [2.05, 4.69) is 26.8 Å². The number of H-pyrrole nitrogens is 1. The van der Waals surface area contributed by atoms with Gasteiger partial charge in [-0.2, -0.15) is 0 Å². The summed E-state index contributed by atoms with van der Waals surface area (Å²) in [5.74, 6) is 0.296. The van der Waals surface area contributed by atoms with Crippen LogP contribution in [0.25, 0.3) is 0 Å². The third-order valence-electron chi connectivity index (χ3n) is 4.08. The summed E-state index contributed by atoms with van der Waals surface area (Å²) in [6, 6.07) is 0. The number of aromatic amines is 1. The Labute approximate surface area is 152 Å². The number of nitrogens with two attached hydrogens (primary N) is 1. The minimum atomic E-state index is -1.13. The van der Waals surface area contributed by atoms with Gasteiger partial charge in [0.25, 0.3) is 0 Å². The van der Waals surface area contributed by atoms with Gasteiger partial charge in [-0.3, -0.25) is 4.57 Å². The number of aliphatic imine (C=N–C) groups is 1. The number of allylic oxidation sites excluding steroid dienone is 4. The summed E-state index contributed by atoms with van der Waals surface area (Å²) in [7, 11) is 4.03. The second kappa shape index (κ2) is 9.19. The van der Waals surface area contributed by atoms with E-state index in [1.54, 1.807) is 18.2 Å². The van der Waals surface area contributed by atoms with E-state index < -0.39 is 12.1 Å². The molecule has 142 valence electrons. The van der Waals surface area contributed by atoms with Crippen molar-refractivity contribution in [2.24, 2.45) is 10.9 Å². The summed E-state index contributed by atoms with van der Waals surface area (Å²) in [6.07, 6.45) is 7.90. The fraction of sp³-hybridized carbons (Fsp3) is 0.444. The van der Waals surface area contributed by atoms with Crippen molar-refractivity contribution in [3.05, 3.63) is 52.9 Å². The normalized spacial score (nSPS) is 19.5. The van der Waals surface area contributed by atoms with Gasteiger partial charge in [0.2, 0.25) is 0 Å². The van der Waals surface area contributed by atoms with Gasteiger partial charge in [0.15, 0.2) is 0 Å². The van der Waals surface area contributed by atoms with Crippen molar-refractivity contribution in [2.75, 3.05) is 32.9 Å². The standard InChI is InChI=1S/C18H27FN6O/c1-13(21-9-6-10-24(2)3)22-11-16-17(20)25(18(26)23-16)12-14-7-4-5-8-15(14)19/h4-5,7-8,11,14-15,21H,1,6,9-10,12,20H2,2-3H3,(H,23,26)/b22-11-. The van der Waals surface area contributed by atoms with Crippen LogP contribution < -0.4 is 16.7 Å². The minimum absolute atomic E-state index is 0.167. The van der Waals surface area contributed by atoms with Crippen LogP contribution in [0.1, 0.15) is 12.1 Å². The van der Waals surface area contributed by atoms with E-state index in [-0.39, 0.29) is 18.1 Å². The SMILES string of the molecule is C=C(/N=C\c1[nH]c(=O)n(CC2C=CC=CC2F)c1N)NCCCN(C)C. The third kappa shape index (κ3) is 5.45. The molecule has 1 heterocycles. The van der Waals surface area contributed by atoms with Crippen LogP contribution in [0.5, 0.6) is 0 Å². The molecule has 0 aliphatic heterocycles. The highest BCUT2D eigenvalue weighted by Gasteiger charge is 2.21. The summed E-state index contributed by atoms with van der Waals surface area (Å²) < 4.78 is 15.2. The third-order valence-corrected chi connectivity index (χ3v) is 4.08. The molecule has 0 radical (unpaired) electrons. The molecule has 0 saturated heterocycles. The lowest BCUT2D eigenvalue weighted by Gasteiger charge is -2.18. The number of rotatable bonds is 9. The summed E-state index contributed by atoms with van der Waals surface area (Å²) in [5, 5.41) is 3.10. The Morgan fingerprint density at radius 3 is 2.92 bits per heavy atom. The summed E-state index contributed by atoms with van der Waals surface area (Å²) >= 11 is 0. The second-order valence-electron chi connectivity index (χ2n) is 6.51. The molecule has 0 bridgehead atoms. The highest BCUT2D eigenvalue weighted by Crippen LogP contribution is 2.19. The number of hydrogen-bond donors (Lipinski definition) is 3. The lowest BCUT2D eigenvalue weighted by molar-refractivity contribution is 0.293. The van der Waals surface area contributed by atoms with Crippen molar-refractivity contribution < 1.29 is 4.39 Å². The highest BCUT2D eigenvalue weighted by atomic mass is 19.1. The van der Waals surface area contributed by atoms with E-state index in [1.165, 1.54) is 16.9 Å². The van der Waals surface area contributed by atoms with Crippen molar-refractivity contribution in [1.29, 1.82) is 0 Å². The van der Waals surface area contributed by atoms with Crippen LogP contribution in [0.2, 0.25) is 0 Å². The monoisotopic (exact) mass is 362 g/mol. The van der Waals surface area contributed by atoms with E-state index in [1.807, 2.05) is 14.1 Å². The number of halogens is 1. The number of hydrogen-bond acceptors (Lipinski definition) is 5. The fourth-order valence-corrected chi connectivity index (χ4v) is 2.60. The van der Waals surface area contributed by atoms with Crippen molar-refractivity contribution in [2.45, 2.75) is 19.1 Å². The van der Waals surface area contributed by atoms with Gasteiger partial charge in [0, 0.05) is 19.0 Å². The first-order chi connectivity index (χ1) is 12.4. The van der Waals surface area contributed by atoms with Crippen LogP contribution in [0.15, 0.2) is 46.5 Å². The zero-order valence-electron chi connectivity index (χ0n) is 15.3. The predicted octanol–water partition coefficient (Wildman–Crippen LogP) is 1.27. The van der Waals surface area contributed by atoms with E-state index in [4.69, 9.17) is 5.73 Å². The first-order valence-electron chi connectivity index (χ1n) is 8.57. The number of anilines is 1. The zero-order chi connectivity index (χ0) is 19.1. The topological polar surface area (TPSA) is 91.4 Å². The van der Waals surface area contributed by atoms with Gasteiger partial charge in [-0.15, -0.1) is 0 Å². The average Bonchev–Trinajstić information content (AvgIpc) is 2.86. The molecule has 2 rings (SSSR count). The van der Waals surface area contributed by atoms with E-state index in [9.17, 15) is 9.18 Å². The number of nitrogen functional groups attached to an aromatic ring is 1. The van der Waals surface area contributed by atoms with Gasteiger partial charge in [0.1, 0.15) is 23.5 Å². The first kappa shape index (κ1) is 19.7. The molecule has 1 aromatic heterocycles. The number of nitrogens with one attached hydrogen (secondary N) is 2. The Kier molecular flexibility index (Phi) is 6.97. The average molecular weight is 362 g/mol. The van der Waals surface area contributed by atoms with Crippen LogP contribution in [-0.4, -0.2) is 54.0 Å². The molecule has 0 saturated carbocycles. The predicted molar refractivity (Wildman–Crippen MR) is 104 cm³/mol. The Balaban J connectivity index is 1.96. The molecule has 0 amide bonds. The molecular formula is C18H27FN6O. The van der Waals surface area contributed by atoms with E-state index in [0.717, 1.165) is 19.5 Å². The Morgan fingerprint density at radius 1 is 1.50 bits per heavy atom. The summed E-state index contributed by atoms with van der Waals surface area (Å²) in [4.78, 5) is 21.0. The molecule has 26 heavy (non-hydrogen) atoms. The lowest BCUT2D eigenvalue weighted by atomic mass is 9.99. The van der Waals surface area contributed by atoms with Gasteiger partial charge in [-0.05, 0) is 27.1 Å². The molecular weight excluding hydrogens is 335 g/mol. The van der Waals surface area contributed by atoms with Gasteiger partial charge in [0.05, 0.1) is 6.21 Å². The van der Waals surface area contributed by atoms with Gasteiger partial charge in [-0.25, -0.2) is 14.2 Å². The minimum Gasteiger partial charge on any atom is -0.383 e. The fourth-order valence-electron chi connectivity index (χ4n) is 2.60. The maximum atomic E-state index is 13.9. The second-order valence-corrected chi connectivity index (χ2v) is 6.51. The van der Waals surface area contributed by atoms with E-state index in [0.29, 0.717) is 11.5 Å². The molecule has 2 atom stereocenters. The summed E-state index contributed by atoms with van der Waals surface area (Å²) in [6.45, 7) is 5.70. The van der Waals surface area contributed by atoms with Crippen LogP contribution in [0, 0.1) is 5.92 Å². The molecule has 2 unspecified atom stereocenters. The maximum absolute atomic E-state index is 13.9. The molecule has 1 aliphatic carbocycles. The van der Waals surface area contributed by atoms with Gasteiger partial charge in [-0.1, -0.05) is 30.9 Å². The Bertz CT molecular complexity index is 758. The van der Waals surface area contributed by atoms with Crippen molar-refractivity contribution in [3.63, 3.8) is 0 Å². The molecule has 8 heteroatoms.